The second-order valence-electron chi connectivity index (χ2n) is 5.38. The van der Waals surface area contributed by atoms with Crippen LogP contribution in [0, 0.1) is 0 Å². The quantitative estimate of drug-likeness (QED) is 0.788. The van der Waals surface area contributed by atoms with Crippen LogP contribution in [0.15, 0.2) is 0 Å². The predicted molar refractivity (Wildman–Crippen MR) is 69.9 cm³/mol. The molecule has 2 aliphatic rings. The Bertz CT molecular complexity index is 342. The lowest BCUT2D eigenvalue weighted by molar-refractivity contribution is 0.273. The second-order valence-corrected chi connectivity index (χ2v) is 7.68. The van der Waals surface area contributed by atoms with E-state index in [-0.39, 0.29) is 0 Å². The molecule has 2 aliphatic heterocycles. The molecule has 0 saturated carbocycles. The molecular formula is C12H24N2O2S. The van der Waals surface area contributed by atoms with Crippen molar-refractivity contribution in [2.24, 2.45) is 0 Å². The molecule has 2 atom stereocenters. The summed E-state index contributed by atoms with van der Waals surface area (Å²) in [4.78, 5) is 2.32. The van der Waals surface area contributed by atoms with Crippen LogP contribution >= 0.6 is 0 Å². The van der Waals surface area contributed by atoms with E-state index in [2.05, 4.69) is 10.2 Å². The van der Waals surface area contributed by atoms with Gasteiger partial charge in [0.2, 0.25) is 0 Å². The van der Waals surface area contributed by atoms with Crippen LogP contribution in [0.2, 0.25) is 0 Å². The highest BCUT2D eigenvalue weighted by Crippen LogP contribution is 2.20. The first kappa shape index (κ1) is 13.3. The van der Waals surface area contributed by atoms with Gasteiger partial charge in [-0.15, -0.1) is 0 Å². The number of nitrogens with zero attached hydrogens (tertiary/aromatic N) is 1. The van der Waals surface area contributed by atoms with Crippen molar-refractivity contribution in [2.45, 2.75) is 44.7 Å². The van der Waals surface area contributed by atoms with Crippen molar-refractivity contribution >= 4 is 9.84 Å². The van der Waals surface area contributed by atoms with E-state index in [0.29, 0.717) is 30.1 Å². The molecule has 4 nitrogen and oxygen atoms in total. The predicted octanol–water partition coefficient (Wildman–Crippen LogP) is 0.638. The van der Waals surface area contributed by atoms with Crippen molar-refractivity contribution in [2.75, 3.05) is 31.1 Å². The van der Waals surface area contributed by atoms with Gasteiger partial charge in [0.25, 0.3) is 0 Å². The number of rotatable bonds is 5. The lowest BCUT2D eigenvalue weighted by atomic mass is 10.1. The first-order valence-electron chi connectivity index (χ1n) is 6.78. The van der Waals surface area contributed by atoms with Gasteiger partial charge in [-0.1, -0.05) is 6.92 Å². The molecule has 2 bridgehead atoms. The minimum Gasteiger partial charge on any atom is -0.310 e. The smallest absolute Gasteiger partial charge is 0.151 e. The zero-order chi connectivity index (χ0) is 12.3. The normalized spacial score (nSPS) is 30.4. The zero-order valence-electron chi connectivity index (χ0n) is 10.7. The molecule has 0 aromatic heterocycles. The summed E-state index contributed by atoms with van der Waals surface area (Å²) in [5.74, 6) is 0.670. The Morgan fingerprint density at radius 1 is 1.18 bits per heavy atom. The van der Waals surface area contributed by atoms with Gasteiger partial charge >= 0.3 is 0 Å². The van der Waals surface area contributed by atoms with Gasteiger partial charge in [-0.2, -0.15) is 0 Å². The van der Waals surface area contributed by atoms with E-state index in [1.54, 1.807) is 0 Å². The Hall–Kier alpha value is -0.130. The van der Waals surface area contributed by atoms with E-state index in [9.17, 15) is 8.42 Å². The number of hydrogen-bond donors (Lipinski definition) is 1. The molecule has 2 unspecified atom stereocenters. The molecule has 2 saturated heterocycles. The van der Waals surface area contributed by atoms with Gasteiger partial charge in [0.1, 0.15) is 0 Å². The van der Waals surface area contributed by atoms with Crippen LogP contribution in [0.1, 0.15) is 32.6 Å². The third-order valence-corrected chi connectivity index (χ3v) is 5.68. The molecule has 17 heavy (non-hydrogen) atoms. The van der Waals surface area contributed by atoms with Gasteiger partial charge in [0.05, 0.1) is 5.75 Å². The molecule has 0 aromatic carbocycles. The zero-order valence-corrected chi connectivity index (χ0v) is 11.5. The molecule has 2 heterocycles. The minimum atomic E-state index is -2.82. The Balaban J connectivity index is 1.79. The van der Waals surface area contributed by atoms with Gasteiger partial charge in [-0.25, -0.2) is 8.42 Å². The summed E-state index contributed by atoms with van der Waals surface area (Å²) in [6, 6.07) is 1.27. The van der Waals surface area contributed by atoms with Crippen molar-refractivity contribution in [1.29, 1.82) is 0 Å². The van der Waals surface area contributed by atoms with Crippen LogP contribution in [0.4, 0.5) is 0 Å². The van der Waals surface area contributed by atoms with Gasteiger partial charge in [-0.05, 0) is 32.2 Å². The largest absolute Gasteiger partial charge is 0.310 e. The van der Waals surface area contributed by atoms with Gasteiger partial charge < -0.3 is 10.2 Å². The Morgan fingerprint density at radius 3 is 2.71 bits per heavy atom. The summed E-state index contributed by atoms with van der Waals surface area (Å²) < 4.78 is 23.4. The number of nitrogens with one attached hydrogen (secondary N) is 1. The molecular weight excluding hydrogens is 236 g/mol. The number of fused-ring (bicyclic) bond motifs is 2. The summed E-state index contributed by atoms with van der Waals surface area (Å²) in [5.41, 5.74) is 0. The molecule has 0 amide bonds. The first-order valence-corrected chi connectivity index (χ1v) is 8.60. The summed E-state index contributed by atoms with van der Waals surface area (Å²) >= 11 is 0. The van der Waals surface area contributed by atoms with Crippen molar-refractivity contribution in [3.8, 4) is 0 Å². The average Bonchev–Trinajstić information content (AvgIpc) is 2.57. The number of sulfone groups is 1. The van der Waals surface area contributed by atoms with Crippen molar-refractivity contribution in [3.05, 3.63) is 0 Å². The number of hydrogen-bond acceptors (Lipinski definition) is 4. The first-order chi connectivity index (χ1) is 8.09. The lowest BCUT2D eigenvalue weighted by Crippen LogP contribution is -2.37. The molecule has 100 valence electrons. The maximum absolute atomic E-state index is 11.7. The van der Waals surface area contributed by atoms with Crippen molar-refractivity contribution in [3.63, 3.8) is 0 Å². The van der Waals surface area contributed by atoms with E-state index >= 15 is 0 Å². The molecule has 0 spiro atoms. The van der Waals surface area contributed by atoms with Crippen LogP contribution in [0.5, 0.6) is 0 Å². The average molecular weight is 260 g/mol. The van der Waals surface area contributed by atoms with E-state index in [0.717, 1.165) is 19.5 Å². The Labute approximate surface area is 105 Å². The highest BCUT2D eigenvalue weighted by atomic mass is 32.2. The Morgan fingerprint density at radius 2 is 1.94 bits per heavy atom. The fourth-order valence-corrected chi connectivity index (χ4v) is 4.26. The van der Waals surface area contributed by atoms with E-state index in [1.165, 1.54) is 19.3 Å². The summed E-state index contributed by atoms with van der Waals surface area (Å²) in [5, 5.41) is 3.61. The van der Waals surface area contributed by atoms with E-state index in [4.69, 9.17) is 0 Å². The van der Waals surface area contributed by atoms with Crippen LogP contribution < -0.4 is 5.32 Å². The topological polar surface area (TPSA) is 49.4 Å². The fraction of sp³-hybridized carbons (Fsp3) is 1.00. The SMILES string of the molecule is CCCS(=O)(=O)CCN1CCC2CCC(C1)N2. The van der Waals surface area contributed by atoms with Crippen molar-refractivity contribution < 1.29 is 8.42 Å². The maximum atomic E-state index is 11.7. The summed E-state index contributed by atoms with van der Waals surface area (Å²) in [6.45, 7) is 4.72. The highest BCUT2D eigenvalue weighted by Gasteiger charge is 2.29. The van der Waals surface area contributed by atoms with Crippen molar-refractivity contribution in [1.82, 2.24) is 10.2 Å². The molecule has 0 aliphatic carbocycles. The molecule has 2 fully saturated rings. The highest BCUT2D eigenvalue weighted by molar-refractivity contribution is 7.91. The minimum absolute atomic E-state index is 0.332. The molecule has 2 rings (SSSR count). The Kier molecular flexibility index (Phi) is 4.44. The molecule has 1 N–H and O–H groups in total. The third kappa shape index (κ3) is 3.93. The lowest BCUT2D eigenvalue weighted by Gasteiger charge is -2.23. The van der Waals surface area contributed by atoms with Gasteiger partial charge in [0.15, 0.2) is 9.84 Å². The molecule has 0 radical (unpaired) electrons. The van der Waals surface area contributed by atoms with Crippen LogP contribution in [-0.4, -0.2) is 56.5 Å². The van der Waals surface area contributed by atoms with Crippen LogP contribution in [-0.2, 0) is 9.84 Å². The van der Waals surface area contributed by atoms with Gasteiger partial charge in [0, 0.05) is 30.9 Å². The van der Waals surface area contributed by atoms with Crippen LogP contribution in [0.25, 0.3) is 0 Å². The van der Waals surface area contributed by atoms with E-state index in [1.807, 2.05) is 6.92 Å². The summed E-state index contributed by atoms with van der Waals surface area (Å²) in [6.07, 6.45) is 4.45. The maximum Gasteiger partial charge on any atom is 0.151 e. The molecule has 0 aromatic rings. The third-order valence-electron chi connectivity index (χ3n) is 3.84. The molecule has 5 heteroatoms. The summed E-state index contributed by atoms with van der Waals surface area (Å²) in [7, 11) is -2.82. The number of likely N-dealkylation sites (tertiary alicyclic amines) is 1. The van der Waals surface area contributed by atoms with E-state index < -0.39 is 9.84 Å². The fourth-order valence-electron chi connectivity index (χ4n) is 2.90. The monoisotopic (exact) mass is 260 g/mol. The standard InChI is InChI=1S/C12H24N2O2S/c1-2-8-17(15,16)9-7-14-6-5-11-3-4-12(10-14)13-11/h11-13H,2-10H2,1H3. The second kappa shape index (κ2) is 5.67. The van der Waals surface area contributed by atoms with Gasteiger partial charge in [-0.3, -0.25) is 0 Å². The van der Waals surface area contributed by atoms with Crippen LogP contribution in [0.3, 0.4) is 0 Å².